The number of hydrogen-bond donors (Lipinski definition) is 2. The number of carbonyl (C=O) groups is 1. The molecule has 0 spiro atoms. The number of carboxylic acid groups (broad SMARTS) is 1. The molecule has 1 heterocycles. The molecule has 5 heteroatoms. The second-order valence-corrected chi connectivity index (χ2v) is 5.90. The highest BCUT2D eigenvalue weighted by atomic mass is 32.1. The molecule has 0 fully saturated rings. The lowest BCUT2D eigenvalue weighted by atomic mass is 10.0. The summed E-state index contributed by atoms with van der Waals surface area (Å²) in [5, 5.41) is 11.3. The van der Waals surface area contributed by atoms with Crippen molar-refractivity contribution >= 4 is 22.3 Å². The summed E-state index contributed by atoms with van der Waals surface area (Å²) in [6.07, 6.45) is 0. The smallest absolute Gasteiger partial charge is 0.339 e. The Bertz CT molecular complexity index is 810. The summed E-state index contributed by atoms with van der Waals surface area (Å²) in [7, 11) is 0. The minimum atomic E-state index is -1.01. The summed E-state index contributed by atoms with van der Waals surface area (Å²) in [6, 6.07) is 17.2. The van der Waals surface area contributed by atoms with Crippen LogP contribution in [0.15, 0.2) is 60.0 Å². The second kappa shape index (κ2) is 6.54. The second-order valence-electron chi connectivity index (χ2n) is 4.99. The van der Waals surface area contributed by atoms with Crippen LogP contribution < -0.4 is 10.5 Å². The zero-order chi connectivity index (χ0) is 16.2. The predicted octanol–water partition coefficient (Wildman–Crippen LogP) is 4.27. The SMILES string of the molecule is Nc1scc(-c2ccc(OCc3ccccc3)cc2)c1C(=O)O. The molecule has 0 amide bonds. The molecule has 0 bridgehead atoms. The lowest BCUT2D eigenvalue weighted by Gasteiger charge is -2.07. The van der Waals surface area contributed by atoms with Gasteiger partial charge in [-0.1, -0.05) is 42.5 Å². The highest BCUT2D eigenvalue weighted by Gasteiger charge is 2.17. The van der Waals surface area contributed by atoms with Crippen LogP contribution in [0.25, 0.3) is 11.1 Å². The van der Waals surface area contributed by atoms with Crippen LogP contribution in [0.1, 0.15) is 15.9 Å². The largest absolute Gasteiger partial charge is 0.489 e. The van der Waals surface area contributed by atoms with Gasteiger partial charge in [0.1, 0.15) is 22.9 Å². The van der Waals surface area contributed by atoms with E-state index in [1.54, 1.807) is 5.38 Å². The van der Waals surface area contributed by atoms with Crippen molar-refractivity contribution < 1.29 is 14.6 Å². The van der Waals surface area contributed by atoms with Gasteiger partial charge in [0, 0.05) is 10.9 Å². The molecule has 0 unspecified atom stereocenters. The van der Waals surface area contributed by atoms with Crippen LogP contribution in [0.3, 0.4) is 0 Å². The van der Waals surface area contributed by atoms with Crippen molar-refractivity contribution in [1.82, 2.24) is 0 Å². The molecule has 0 atom stereocenters. The monoisotopic (exact) mass is 325 g/mol. The molecular formula is C18H15NO3S. The van der Waals surface area contributed by atoms with Crippen LogP contribution in [-0.4, -0.2) is 11.1 Å². The van der Waals surface area contributed by atoms with Gasteiger partial charge in [0.2, 0.25) is 0 Å². The highest BCUT2D eigenvalue weighted by molar-refractivity contribution is 7.14. The third kappa shape index (κ3) is 3.35. The van der Waals surface area contributed by atoms with Crippen molar-refractivity contribution in [3.63, 3.8) is 0 Å². The van der Waals surface area contributed by atoms with Gasteiger partial charge in [-0.2, -0.15) is 0 Å². The predicted molar refractivity (Wildman–Crippen MR) is 91.9 cm³/mol. The van der Waals surface area contributed by atoms with Gasteiger partial charge >= 0.3 is 5.97 Å². The van der Waals surface area contributed by atoms with E-state index in [4.69, 9.17) is 10.5 Å². The molecular weight excluding hydrogens is 310 g/mol. The number of nitrogen functional groups attached to an aromatic ring is 1. The van der Waals surface area contributed by atoms with E-state index in [1.807, 2.05) is 54.6 Å². The standard InChI is InChI=1S/C18H15NO3S/c19-17-16(18(20)21)15(11-23-17)13-6-8-14(9-7-13)22-10-12-4-2-1-3-5-12/h1-9,11H,10,19H2,(H,20,21). The van der Waals surface area contributed by atoms with Gasteiger partial charge < -0.3 is 15.6 Å². The normalized spacial score (nSPS) is 10.4. The maximum atomic E-state index is 11.3. The first-order valence-corrected chi connectivity index (χ1v) is 7.90. The van der Waals surface area contributed by atoms with Crippen LogP contribution >= 0.6 is 11.3 Å². The summed E-state index contributed by atoms with van der Waals surface area (Å²) in [5.41, 5.74) is 8.43. The molecule has 3 aromatic rings. The topological polar surface area (TPSA) is 72.5 Å². The Hall–Kier alpha value is -2.79. The fourth-order valence-electron chi connectivity index (χ4n) is 2.28. The molecule has 1 aromatic heterocycles. The molecule has 2 aromatic carbocycles. The molecule has 0 saturated heterocycles. The fourth-order valence-corrected chi connectivity index (χ4v) is 3.09. The Morgan fingerprint density at radius 1 is 1.09 bits per heavy atom. The van der Waals surface area contributed by atoms with Gasteiger partial charge in [-0.3, -0.25) is 0 Å². The molecule has 23 heavy (non-hydrogen) atoms. The molecule has 0 saturated carbocycles. The van der Waals surface area contributed by atoms with Crippen LogP contribution in [-0.2, 0) is 6.61 Å². The van der Waals surface area contributed by atoms with E-state index in [2.05, 4.69) is 0 Å². The third-order valence-corrected chi connectivity index (χ3v) is 4.26. The van der Waals surface area contributed by atoms with Gasteiger partial charge in [0.15, 0.2) is 0 Å². The van der Waals surface area contributed by atoms with Crippen molar-refractivity contribution in [3.05, 3.63) is 71.1 Å². The van der Waals surface area contributed by atoms with Crippen molar-refractivity contribution in [2.24, 2.45) is 0 Å². The highest BCUT2D eigenvalue weighted by Crippen LogP contribution is 2.34. The quantitative estimate of drug-likeness (QED) is 0.734. The Balaban J connectivity index is 1.76. The molecule has 3 N–H and O–H groups in total. The number of benzene rings is 2. The first-order chi connectivity index (χ1) is 11.1. The summed E-state index contributed by atoms with van der Waals surface area (Å²) in [4.78, 5) is 11.3. The summed E-state index contributed by atoms with van der Waals surface area (Å²) in [5.74, 6) is -0.277. The van der Waals surface area contributed by atoms with Gasteiger partial charge in [-0.05, 0) is 23.3 Å². The Morgan fingerprint density at radius 2 is 1.78 bits per heavy atom. The van der Waals surface area contributed by atoms with Crippen molar-refractivity contribution in [3.8, 4) is 16.9 Å². The third-order valence-electron chi connectivity index (χ3n) is 3.45. The number of hydrogen-bond acceptors (Lipinski definition) is 4. The molecule has 3 rings (SSSR count). The van der Waals surface area contributed by atoms with Gasteiger partial charge in [-0.15, -0.1) is 11.3 Å². The minimum absolute atomic E-state index is 0.160. The Labute approximate surface area is 137 Å². The lowest BCUT2D eigenvalue weighted by Crippen LogP contribution is -2.00. The molecule has 0 aliphatic rings. The van der Waals surface area contributed by atoms with Gasteiger partial charge in [0.25, 0.3) is 0 Å². The first kappa shape index (κ1) is 15.1. The van der Waals surface area contributed by atoms with Crippen LogP contribution in [0.2, 0.25) is 0 Å². The van der Waals surface area contributed by atoms with E-state index in [1.165, 1.54) is 11.3 Å². The number of ether oxygens (including phenoxy) is 1. The molecule has 0 radical (unpaired) electrons. The maximum absolute atomic E-state index is 11.3. The zero-order valence-corrected chi connectivity index (χ0v) is 13.0. The van der Waals surface area contributed by atoms with Crippen molar-refractivity contribution in [2.45, 2.75) is 6.61 Å². The van der Waals surface area contributed by atoms with Crippen molar-refractivity contribution in [1.29, 1.82) is 0 Å². The maximum Gasteiger partial charge on any atom is 0.339 e. The van der Waals surface area contributed by atoms with E-state index in [0.29, 0.717) is 17.2 Å². The van der Waals surface area contributed by atoms with Crippen molar-refractivity contribution in [2.75, 3.05) is 5.73 Å². The van der Waals surface area contributed by atoms with Crippen LogP contribution in [0.4, 0.5) is 5.00 Å². The van der Waals surface area contributed by atoms with E-state index in [0.717, 1.165) is 16.9 Å². The van der Waals surface area contributed by atoms with E-state index in [9.17, 15) is 9.90 Å². The summed E-state index contributed by atoms with van der Waals surface area (Å²) in [6.45, 7) is 0.492. The number of anilines is 1. The first-order valence-electron chi connectivity index (χ1n) is 7.02. The van der Waals surface area contributed by atoms with E-state index >= 15 is 0 Å². The molecule has 116 valence electrons. The number of thiophene rings is 1. The average molecular weight is 325 g/mol. The van der Waals surface area contributed by atoms with E-state index in [-0.39, 0.29) is 5.56 Å². The van der Waals surface area contributed by atoms with Crippen LogP contribution in [0, 0.1) is 0 Å². The van der Waals surface area contributed by atoms with Gasteiger partial charge in [-0.25, -0.2) is 4.79 Å². The Morgan fingerprint density at radius 3 is 2.43 bits per heavy atom. The van der Waals surface area contributed by atoms with Gasteiger partial charge in [0.05, 0.1) is 0 Å². The number of rotatable bonds is 5. The molecule has 0 aliphatic heterocycles. The lowest BCUT2D eigenvalue weighted by molar-refractivity contribution is 0.0699. The molecule has 0 aliphatic carbocycles. The molecule has 4 nitrogen and oxygen atoms in total. The minimum Gasteiger partial charge on any atom is -0.489 e. The number of carboxylic acids is 1. The number of nitrogens with two attached hydrogens (primary N) is 1. The summed E-state index contributed by atoms with van der Waals surface area (Å²) >= 11 is 1.23. The average Bonchev–Trinajstić information content (AvgIpc) is 2.96. The summed E-state index contributed by atoms with van der Waals surface area (Å²) < 4.78 is 5.73. The van der Waals surface area contributed by atoms with E-state index < -0.39 is 5.97 Å². The number of aromatic carboxylic acids is 1. The zero-order valence-electron chi connectivity index (χ0n) is 12.2. The Kier molecular flexibility index (Phi) is 4.30. The van der Waals surface area contributed by atoms with Crippen LogP contribution in [0.5, 0.6) is 5.75 Å². The fraction of sp³-hybridized carbons (Fsp3) is 0.0556.